The lowest BCUT2D eigenvalue weighted by atomic mass is 9.90. The van der Waals surface area contributed by atoms with Crippen LogP contribution in [-0.2, 0) is 4.79 Å². The molecular formula is C22H33N3O. The maximum Gasteiger partial charge on any atom is 0.223 e. The molecule has 4 nitrogen and oxygen atoms in total. The summed E-state index contributed by atoms with van der Waals surface area (Å²) in [5.74, 6) is 2.99. The predicted octanol–water partition coefficient (Wildman–Crippen LogP) is 2.71. The molecule has 2 atom stereocenters. The predicted molar refractivity (Wildman–Crippen MR) is 105 cm³/mol. The number of likely N-dealkylation sites (tertiary alicyclic amines) is 1. The van der Waals surface area contributed by atoms with Gasteiger partial charge in [-0.15, -0.1) is 0 Å². The number of nitrogens with one attached hydrogen (secondary N) is 1. The van der Waals surface area contributed by atoms with Crippen molar-refractivity contribution >= 4 is 5.91 Å². The van der Waals surface area contributed by atoms with Crippen LogP contribution in [0.15, 0.2) is 30.3 Å². The standard InChI is InChI=1S/C22H33N3O/c26-22(25-14-9-23-10-15-25)8-13-24-11-6-18(7-12-24)16-20-17-21(20)19-4-2-1-3-5-19/h1-5,18,20-21,23H,6-17H2/t20-,21+/m1/s1. The molecule has 2 aliphatic heterocycles. The number of amides is 1. The minimum atomic E-state index is 0.345. The topological polar surface area (TPSA) is 35.6 Å². The lowest BCUT2D eigenvalue weighted by Crippen LogP contribution is -2.47. The molecule has 4 rings (SSSR count). The molecule has 0 unspecified atom stereocenters. The van der Waals surface area contributed by atoms with Gasteiger partial charge in [-0.05, 0) is 62.1 Å². The molecule has 1 aromatic carbocycles. The molecule has 4 heteroatoms. The zero-order valence-corrected chi connectivity index (χ0v) is 15.9. The molecule has 142 valence electrons. The fraction of sp³-hybridized carbons (Fsp3) is 0.682. The third kappa shape index (κ3) is 4.66. The Bertz CT molecular complexity index is 576. The molecule has 26 heavy (non-hydrogen) atoms. The molecular weight excluding hydrogens is 322 g/mol. The molecule has 0 radical (unpaired) electrons. The van der Waals surface area contributed by atoms with Crippen LogP contribution in [0.4, 0.5) is 0 Å². The van der Waals surface area contributed by atoms with Gasteiger partial charge in [0.1, 0.15) is 0 Å². The lowest BCUT2D eigenvalue weighted by molar-refractivity contribution is -0.132. The largest absolute Gasteiger partial charge is 0.340 e. The second kappa shape index (κ2) is 8.53. The molecule has 2 saturated heterocycles. The molecule has 3 aliphatic rings. The summed E-state index contributed by atoms with van der Waals surface area (Å²) in [4.78, 5) is 16.8. The summed E-state index contributed by atoms with van der Waals surface area (Å²) in [6.45, 7) is 6.97. The molecule has 1 saturated carbocycles. The van der Waals surface area contributed by atoms with E-state index in [9.17, 15) is 4.79 Å². The Morgan fingerprint density at radius 1 is 1.04 bits per heavy atom. The Kier molecular flexibility index (Phi) is 5.91. The van der Waals surface area contributed by atoms with Crippen molar-refractivity contribution in [3.8, 4) is 0 Å². The molecule has 0 spiro atoms. The van der Waals surface area contributed by atoms with Crippen LogP contribution < -0.4 is 5.32 Å². The van der Waals surface area contributed by atoms with Crippen LogP contribution in [-0.4, -0.2) is 61.5 Å². The molecule has 1 N–H and O–H groups in total. The number of hydrogen-bond donors (Lipinski definition) is 1. The van der Waals surface area contributed by atoms with Crippen molar-refractivity contribution in [2.75, 3.05) is 45.8 Å². The number of piperidine rings is 1. The number of benzene rings is 1. The van der Waals surface area contributed by atoms with E-state index in [-0.39, 0.29) is 0 Å². The SMILES string of the molecule is O=C(CCN1CCC(C[C@@H]2C[C@H]2c2ccccc2)CC1)N1CCNCC1. The highest BCUT2D eigenvalue weighted by Crippen LogP contribution is 2.51. The highest BCUT2D eigenvalue weighted by atomic mass is 16.2. The van der Waals surface area contributed by atoms with Gasteiger partial charge in [-0.1, -0.05) is 30.3 Å². The summed E-state index contributed by atoms with van der Waals surface area (Å²) in [7, 11) is 0. The van der Waals surface area contributed by atoms with E-state index in [1.165, 1.54) is 38.8 Å². The fourth-order valence-corrected chi connectivity index (χ4v) is 4.82. The van der Waals surface area contributed by atoms with E-state index in [1.54, 1.807) is 5.56 Å². The number of rotatable bonds is 6. The maximum atomic E-state index is 12.3. The summed E-state index contributed by atoms with van der Waals surface area (Å²) < 4.78 is 0. The number of piperazine rings is 1. The van der Waals surface area contributed by atoms with E-state index in [2.05, 4.69) is 40.5 Å². The Morgan fingerprint density at radius 2 is 1.77 bits per heavy atom. The van der Waals surface area contributed by atoms with Gasteiger partial charge in [-0.2, -0.15) is 0 Å². The van der Waals surface area contributed by atoms with Gasteiger partial charge in [0.05, 0.1) is 0 Å². The van der Waals surface area contributed by atoms with E-state index < -0.39 is 0 Å². The van der Waals surface area contributed by atoms with Crippen LogP contribution in [0.1, 0.15) is 43.6 Å². The second-order valence-electron chi connectivity index (χ2n) is 8.41. The molecule has 1 aliphatic carbocycles. The normalized spacial score (nSPS) is 27.5. The quantitative estimate of drug-likeness (QED) is 0.852. The number of hydrogen-bond acceptors (Lipinski definition) is 3. The zero-order chi connectivity index (χ0) is 17.8. The molecule has 1 aromatic rings. The Hall–Kier alpha value is -1.39. The third-order valence-corrected chi connectivity index (χ3v) is 6.61. The molecule has 2 heterocycles. The molecule has 0 aromatic heterocycles. The fourth-order valence-electron chi connectivity index (χ4n) is 4.82. The van der Waals surface area contributed by atoms with Crippen molar-refractivity contribution in [1.82, 2.24) is 15.1 Å². The first-order valence-electron chi connectivity index (χ1n) is 10.6. The van der Waals surface area contributed by atoms with Gasteiger partial charge >= 0.3 is 0 Å². The number of nitrogens with zero attached hydrogens (tertiary/aromatic N) is 2. The van der Waals surface area contributed by atoms with Crippen LogP contribution in [0.5, 0.6) is 0 Å². The first-order valence-corrected chi connectivity index (χ1v) is 10.6. The van der Waals surface area contributed by atoms with Crippen LogP contribution in [0.25, 0.3) is 0 Å². The first-order chi connectivity index (χ1) is 12.8. The van der Waals surface area contributed by atoms with E-state index >= 15 is 0 Å². The van der Waals surface area contributed by atoms with E-state index in [1.807, 2.05) is 4.90 Å². The van der Waals surface area contributed by atoms with Crippen LogP contribution in [0.3, 0.4) is 0 Å². The summed E-state index contributed by atoms with van der Waals surface area (Å²) >= 11 is 0. The van der Waals surface area contributed by atoms with Gasteiger partial charge in [0.15, 0.2) is 0 Å². The average molecular weight is 356 g/mol. The van der Waals surface area contributed by atoms with Crippen molar-refractivity contribution < 1.29 is 4.79 Å². The molecule has 0 bridgehead atoms. The second-order valence-corrected chi connectivity index (χ2v) is 8.41. The van der Waals surface area contributed by atoms with Gasteiger partial charge in [0.25, 0.3) is 0 Å². The highest BCUT2D eigenvalue weighted by molar-refractivity contribution is 5.76. The van der Waals surface area contributed by atoms with Crippen molar-refractivity contribution in [3.63, 3.8) is 0 Å². The van der Waals surface area contributed by atoms with Crippen molar-refractivity contribution in [2.24, 2.45) is 11.8 Å². The summed E-state index contributed by atoms with van der Waals surface area (Å²) in [5.41, 5.74) is 1.54. The molecule has 3 fully saturated rings. The number of carbonyl (C=O) groups excluding carboxylic acids is 1. The lowest BCUT2D eigenvalue weighted by Gasteiger charge is -2.33. The van der Waals surface area contributed by atoms with Crippen molar-refractivity contribution in [1.29, 1.82) is 0 Å². The van der Waals surface area contributed by atoms with Crippen molar-refractivity contribution in [2.45, 2.75) is 38.0 Å². The van der Waals surface area contributed by atoms with Crippen LogP contribution in [0, 0.1) is 11.8 Å². The van der Waals surface area contributed by atoms with Gasteiger partial charge in [-0.3, -0.25) is 4.79 Å². The minimum absolute atomic E-state index is 0.345. The van der Waals surface area contributed by atoms with Crippen LogP contribution >= 0.6 is 0 Å². The summed E-state index contributed by atoms with van der Waals surface area (Å²) in [5, 5.41) is 3.31. The average Bonchev–Trinajstić information content (AvgIpc) is 3.48. The van der Waals surface area contributed by atoms with Crippen molar-refractivity contribution in [3.05, 3.63) is 35.9 Å². The van der Waals surface area contributed by atoms with E-state index in [0.29, 0.717) is 12.3 Å². The third-order valence-electron chi connectivity index (χ3n) is 6.61. The van der Waals surface area contributed by atoms with E-state index in [4.69, 9.17) is 0 Å². The first kappa shape index (κ1) is 18.0. The highest BCUT2D eigenvalue weighted by Gasteiger charge is 2.39. The van der Waals surface area contributed by atoms with Gasteiger partial charge in [0, 0.05) is 39.1 Å². The summed E-state index contributed by atoms with van der Waals surface area (Å²) in [6, 6.07) is 11.0. The Balaban J connectivity index is 1.13. The van der Waals surface area contributed by atoms with Gasteiger partial charge < -0.3 is 15.1 Å². The minimum Gasteiger partial charge on any atom is -0.340 e. The maximum absolute atomic E-state index is 12.3. The van der Waals surface area contributed by atoms with Gasteiger partial charge in [0.2, 0.25) is 5.91 Å². The number of carbonyl (C=O) groups is 1. The smallest absolute Gasteiger partial charge is 0.223 e. The van der Waals surface area contributed by atoms with Gasteiger partial charge in [-0.25, -0.2) is 0 Å². The monoisotopic (exact) mass is 355 g/mol. The Morgan fingerprint density at radius 3 is 2.50 bits per heavy atom. The Labute approximate surface area is 157 Å². The van der Waals surface area contributed by atoms with Crippen LogP contribution in [0.2, 0.25) is 0 Å². The van der Waals surface area contributed by atoms with E-state index in [0.717, 1.165) is 50.5 Å². The zero-order valence-electron chi connectivity index (χ0n) is 15.9. The molecule has 1 amide bonds. The summed E-state index contributed by atoms with van der Waals surface area (Å²) in [6.07, 6.45) is 6.14.